The lowest BCUT2D eigenvalue weighted by atomic mass is 9.44. The molecule has 4 heteroatoms. The van der Waals surface area contributed by atoms with Crippen molar-refractivity contribution >= 4 is 0 Å². The van der Waals surface area contributed by atoms with E-state index >= 15 is 0 Å². The second kappa shape index (κ2) is 5.64. The van der Waals surface area contributed by atoms with Crippen LogP contribution in [0.2, 0.25) is 0 Å². The number of hydrogen-bond donors (Lipinski definition) is 1. The van der Waals surface area contributed by atoms with E-state index in [9.17, 15) is 5.11 Å². The first-order valence-electron chi connectivity index (χ1n) is 10.2. The van der Waals surface area contributed by atoms with E-state index in [-0.39, 0.29) is 12.0 Å². The van der Waals surface area contributed by atoms with Crippen molar-refractivity contribution in [1.82, 2.24) is 0 Å². The van der Waals surface area contributed by atoms with E-state index < -0.39 is 5.60 Å². The number of fused-ring (bicyclic) bond motifs is 5. The van der Waals surface area contributed by atoms with Crippen LogP contribution in [-0.4, -0.2) is 17.3 Å². The SMILES string of the molecule is C[C@]12CCCC[C@H]1CC[C@@H]1[C@@H]2CC[C@@]2(C)[C@H]1CC[C@@]2(O)CN=[N+]=[N-]. The average molecular weight is 332 g/mol. The largest absolute Gasteiger partial charge is 0.389 e. The van der Waals surface area contributed by atoms with E-state index in [4.69, 9.17) is 5.53 Å². The van der Waals surface area contributed by atoms with E-state index in [1.165, 1.54) is 44.9 Å². The molecule has 7 atom stereocenters. The third-order valence-electron chi connectivity index (χ3n) is 9.30. The topological polar surface area (TPSA) is 69.0 Å². The van der Waals surface area contributed by atoms with Gasteiger partial charge < -0.3 is 5.11 Å². The molecule has 0 aliphatic heterocycles. The Hall–Kier alpha value is -0.730. The third-order valence-corrected chi connectivity index (χ3v) is 9.30. The number of rotatable bonds is 2. The Balaban J connectivity index is 1.62. The predicted molar refractivity (Wildman–Crippen MR) is 95.3 cm³/mol. The zero-order valence-electron chi connectivity index (χ0n) is 15.4. The van der Waals surface area contributed by atoms with Crippen LogP contribution in [0.5, 0.6) is 0 Å². The summed E-state index contributed by atoms with van der Waals surface area (Å²) in [5.74, 6) is 3.20. The third kappa shape index (κ3) is 2.12. The van der Waals surface area contributed by atoms with Crippen molar-refractivity contribution in [3.05, 3.63) is 10.4 Å². The summed E-state index contributed by atoms with van der Waals surface area (Å²) in [5.41, 5.74) is 8.43. The van der Waals surface area contributed by atoms with E-state index in [0.29, 0.717) is 11.3 Å². The van der Waals surface area contributed by atoms with Crippen molar-refractivity contribution in [2.24, 2.45) is 39.6 Å². The van der Waals surface area contributed by atoms with Gasteiger partial charge in [-0.2, -0.15) is 0 Å². The highest BCUT2D eigenvalue weighted by atomic mass is 16.3. The minimum atomic E-state index is -0.779. The predicted octanol–water partition coefficient (Wildman–Crippen LogP) is 5.46. The van der Waals surface area contributed by atoms with Gasteiger partial charge in [-0.3, -0.25) is 0 Å². The number of nitrogens with zero attached hydrogens (tertiary/aromatic N) is 3. The van der Waals surface area contributed by atoms with Crippen LogP contribution in [0.1, 0.15) is 78.1 Å². The van der Waals surface area contributed by atoms with E-state index in [1.54, 1.807) is 0 Å². The summed E-state index contributed by atoms with van der Waals surface area (Å²) in [4.78, 5) is 2.92. The molecule has 0 bridgehead atoms. The van der Waals surface area contributed by atoms with Gasteiger partial charge in [0.1, 0.15) is 0 Å². The smallest absolute Gasteiger partial charge is 0.0760 e. The maximum atomic E-state index is 11.3. The Morgan fingerprint density at radius 3 is 2.58 bits per heavy atom. The first-order chi connectivity index (χ1) is 11.4. The standard InChI is InChI=1S/C20H33N3O/c1-18-10-4-3-5-14(18)6-7-15-16(18)8-11-19(2)17(15)9-12-20(19,24)13-22-23-21/h14-17,24H,3-13H2,1-2H3/t14-,15+,16-,17-,18-,19-,20+/m0/s1. The van der Waals surface area contributed by atoms with Gasteiger partial charge in [0.2, 0.25) is 0 Å². The molecule has 4 fully saturated rings. The van der Waals surface area contributed by atoms with Crippen LogP contribution in [0, 0.1) is 34.5 Å². The second-order valence-corrected chi connectivity index (χ2v) is 9.82. The number of aliphatic hydroxyl groups is 1. The Kier molecular flexibility index (Phi) is 3.93. The normalized spacial score (nSPS) is 53.5. The highest BCUT2D eigenvalue weighted by Gasteiger charge is 2.63. The van der Waals surface area contributed by atoms with Crippen LogP contribution >= 0.6 is 0 Å². The van der Waals surface area contributed by atoms with Gasteiger partial charge in [-0.15, -0.1) is 0 Å². The summed E-state index contributed by atoms with van der Waals surface area (Å²) in [6.45, 7) is 5.15. The van der Waals surface area contributed by atoms with Gasteiger partial charge in [0.25, 0.3) is 0 Å². The molecule has 1 N–H and O–H groups in total. The fourth-order valence-electron chi connectivity index (χ4n) is 7.81. The molecule has 0 amide bonds. The second-order valence-electron chi connectivity index (χ2n) is 9.82. The summed E-state index contributed by atoms with van der Waals surface area (Å²) in [6, 6.07) is 0. The van der Waals surface area contributed by atoms with E-state index in [1.807, 2.05) is 0 Å². The first kappa shape index (κ1) is 16.7. The number of hydrogen-bond acceptors (Lipinski definition) is 2. The van der Waals surface area contributed by atoms with E-state index in [2.05, 4.69) is 23.9 Å². The summed E-state index contributed by atoms with van der Waals surface area (Å²) in [7, 11) is 0. The van der Waals surface area contributed by atoms with Crippen LogP contribution < -0.4 is 0 Å². The van der Waals surface area contributed by atoms with Gasteiger partial charge in [-0.1, -0.05) is 31.8 Å². The molecule has 0 unspecified atom stereocenters. The highest BCUT2D eigenvalue weighted by molar-refractivity contribution is 5.14. The fourth-order valence-corrected chi connectivity index (χ4v) is 7.81. The lowest BCUT2D eigenvalue weighted by Crippen LogP contribution is -2.56. The van der Waals surface area contributed by atoms with Crippen LogP contribution in [-0.2, 0) is 0 Å². The minimum absolute atomic E-state index is 0.0553. The molecule has 4 aliphatic carbocycles. The summed E-state index contributed by atoms with van der Waals surface area (Å²) in [6.07, 6.45) is 12.8. The average Bonchev–Trinajstić information content (AvgIpc) is 2.84. The summed E-state index contributed by atoms with van der Waals surface area (Å²) < 4.78 is 0. The maximum absolute atomic E-state index is 11.3. The maximum Gasteiger partial charge on any atom is 0.0760 e. The van der Waals surface area contributed by atoms with Crippen molar-refractivity contribution in [3.8, 4) is 0 Å². The van der Waals surface area contributed by atoms with E-state index in [0.717, 1.165) is 37.0 Å². The zero-order valence-corrected chi connectivity index (χ0v) is 15.4. The van der Waals surface area contributed by atoms with Gasteiger partial charge in [0.05, 0.1) is 12.1 Å². The molecule has 0 spiro atoms. The molecule has 4 nitrogen and oxygen atoms in total. The molecule has 4 aliphatic rings. The Morgan fingerprint density at radius 1 is 1.00 bits per heavy atom. The molecule has 0 aromatic heterocycles. The van der Waals surface area contributed by atoms with Crippen LogP contribution in [0.3, 0.4) is 0 Å². The lowest BCUT2D eigenvalue weighted by molar-refractivity contribution is -0.147. The van der Waals surface area contributed by atoms with Gasteiger partial charge in [0, 0.05) is 4.91 Å². The van der Waals surface area contributed by atoms with Crippen molar-refractivity contribution in [2.75, 3.05) is 6.54 Å². The minimum Gasteiger partial charge on any atom is -0.389 e. The molecular weight excluding hydrogens is 298 g/mol. The molecule has 0 aromatic carbocycles. The van der Waals surface area contributed by atoms with Crippen molar-refractivity contribution < 1.29 is 5.11 Å². The van der Waals surface area contributed by atoms with Gasteiger partial charge in [-0.05, 0) is 91.4 Å². The Morgan fingerprint density at radius 2 is 1.79 bits per heavy atom. The van der Waals surface area contributed by atoms with Crippen LogP contribution in [0.25, 0.3) is 10.4 Å². The fraction of sp³-hybridized carbons (Fsp3) is 1.00. The van der Waals surface area contributed by atoms with Crippen LogP contribution in [0.4, 0.5) is 0 Å². The van der Waals surface area contributed by atoms with Crippen LogP contribution in [0.15, 0.2) is 5.11 Å². The molecule has 4 rings (SSSR count). The highest BCUT2D eigenvalue weighted by Crippen LogP contribution is 2.68. The Labute approximate surface area is 146 Å². The van der Waals surface area contributed by atoms with Gasteiger partial charge >= 0.3 is 0 Å². The van der Waals surface area contributed by atoms with Crippen molar-refractivity contribution in [3.63, 3.8) is 0 Å². The van der Waals surface area contributed by atoms with Gasteiger partial charge in [-0.25, -0.2) is 0 Å². The molecule has 24 heavy (non-hydrogen) atoms. The molecule has 0 radical (unpaired) electrons. The van der Waals surface area contributed by atoms with Crippen molar-refractivity contribution in [1.29, 1.82) is 0 Å². The first-order valence-corrected chi connectivity index (χ1v) is 10.2. The monoisotopic (exact) mass is 331 g/mol. The molecule has 0 heterocycles. The molecular formula is C20H33N3O. The summed E-state index contributed by atoms with van der Waals surface area (Å²) >= 11 is 0. The van der Waals surface area contributed by atoms with Crippen molar-refractivity contribution in [2.45, 2.75) is 83.7 Å². The zero-order chi connectivity index (χ0) is 17.0. The number of azide groups is 1. The molecule has 134 valence electrons. The molecule has 0 aromatic rings. The van der Waals surface area contributed by atoms with Gasteiger partial charge in [0.15, 0.2) is 0 Å². The Bertz CT molecular complexity index is 559. The molecule has 0 saturated heterocycles. The quantitative estimate of drug-likeness (QED) is 0.407. The lowest BCUT2D eigenvalue weighted by Gasteiger charge is -2.61. The summed E-state index contributed by atoms with van der Waals surface area (Å²) in [5, 5.41) is 15.1. The molecule has 4 saturated carbocycles.